The normalized spacial score (nSPS) is 49.1. The summed E-state index contributed by atoms with van der Waals surface area (Å²) >= 11 is 0. The first-order valence-electron chi connectivity index (χ1n) is 15.4. The number of aliphatic hydroxyl groups is 1. The lowest BCUT2D eigenvalue weighted by atomic mass is 9.32. The highest BCUT2D eigenvalue weighted by molar-refractivity contribution is 5.87. The lowest BCUT2D eigenvalue weighted by Gasteiger charge is -2.72. The minimum Gasteiger partial charge on any atom is -0.468 e. The van der Waals surface area contributed by atoms with Crippen LogP contribution in [0.3, 0.4) is 0 Å². The largest absolute Gasteiger partial charge is 0.468 e. The number of rotatable bonds is 4. The van der Waals surface area contributed by atoms with E-state index in [1.54, 1.807) is 0 Å². The molecule has 2 N–H and O–H groups in total. The smallest absolute Gasteiger partial charge is 0.325 e. The number of carbonyl (C=O) groups excluding carboxylic acids is 2. The van der Waals surface area contributed by atoms with Crippen molar-refractivity contribution in [3.63, 3.8) is 0 Å². The summed E-state index contributed by atoms with van der Waals surface area (Å²) in [6, 6.07) is 0. The molecule has 5 aliphatic carbocycles. The zero-order valence-electron chi connectivity index (χ0n) is 25.1. The number of hydrogen-bond donors (Lipinski definition) is 2. The standard InChI is InChI=1S/C33H53NO4/c1-20(2)21-11-16-33(28(37)34-19-26(36)38-8)18-17-31(6)22(27(21)33)9-10-24-30(5)14-13-25(35)29(3,4)23(30)12-15-32(24,31)7/h21-25,27,35H,1,9-19H2,2-8H3,(H,34,37)/t21-,22+,23-,24+,25-,27+,30-,31+,32+,33-/m0/s1. The highest BCUT2D eigenvalue weighted by Crippen LogP contribution is 2.77. The van der Waals surface area contributed by atoms with Crippen molar-refractivity contribution in [1.82, 2.24) is 5.32 Å². The Morgan fingerprint density at radius 2 is 1.61 bits per heavy atom. The van der Waals surface area contributed by atoms with Gasteiger partial charge in [-0.3, -0.25) is 9.59 Å². The van der Waals surface area contributed by atoms with Crippen LogP contribution < -0.4 is 5.32 Å². The van der Waals surface area contributed by atoms with Gasteiger partial charge in [0, 0.05) is 0 Å². The Kier molecular flexibility index (Phi) is 6.73. The second kappa shape index (κ2) is 9.08. The van der Waals surface area contributed by atoms with E-state index in [1.165, 1.54) is 38.4 Å². The molecular weight excluding hydrogens is 474 g/mol. The Morgan fingerprint density at radius 3 is 2.26 bits per heavy atom. The number of methoxy groups -OCH3 is 1. The van der Waals surface area contributed by atoms with E-state index in [1.807, 2.05) is 0 Å². The highest BCUT2D eigenvalue weighted by Gasteiger charge is 2.71. The van der Waals surface area contributed by atoms with Crippen LogP contribution in [0.15, 0.2) is 12.2 Å². The van der Waals surface area contributed by atoms with Crippen molar-refractivity contribution < 1.29 is 19.4 Å². The van der Waals surface area contributed by atoms with E-state index in [2.05, 4.69) is 53.4 Å². The maximum absolute atomic E-state index is 13.9. The number of amides is 1. The summed E-state index contributed by atoms with van der Waals surface area (Å²) in [6.07, 6.45) is 10.5. The van der Waals surface area contributed by atoms with Crippen LogP contribution in [0.1, 0.15) is 106 Å². The van der Waals surface area contributed by atoms with Gasteiger partial charge in [0.2, 0.25) is 5.91 Å². The first kappa shape index (κ1) is 28.2. The summed E-state index contributed by atoms with van der Waals surface area (Å²) in [5.74, 6) is 1.99. The Hall–Kier alpha value is -1.36. The van der Waals surface area contributed by atoms with Crippen molar-refractivity contribution in [2.45, 2.75) is 112 Å². The minimum atomic E-state index is -0.414. The van der Waals surface area contributed by atoms with E-state index >= 15 is 0 Å². The monoisotopic (exact) mass is 527 g/mol. The molecule has 0 saturated heterocycles. The third-order valence-corrected chi connectivity index (χ3v) is 14.1. The molecule has 0 bridgehead atoms. The van der Waals surface area contributed by atoms with E-state index in [0.717, 1.165) is 38.5 Å². The summed E-state index contributed by atoms with van der Waals surface area (Å²) in [6.45, 7) is 18.9. The van der Waals surface area contributed by atoms with Gasteiger partial charge in [-0.1, -0.05) is 46.8 Å². The van der Waals surface area contributed by atoms with Crippen LogP contribution in [0.25, 0.3) is 0 Å². The molecule has 214 valence electrons. The molecule has 5 rings (SSSR count). The van der Waals surface area contributed by atoms with Crippen LogP contribution in [0, 0.1) is 56.7 Å². The molecule has 5 aliphatic rings. The number of esters is 1. The lowest BCUT2D eigenvalue weighted by molar-refractivity contribution is -0.246. The van der Waals surface area contributed by atoms with E-state index in [9.17, 15) is 14.7 Å². The SMILES string of the molecule is C=C(C)[C@@H]1CC[C@]2(C(=O)NCC(=O)OC)CC[C@]3(C)[C@H](CC[C@@H]4[C@@]5(C)CC[C@H](O)C(C)(C)[C@@H]5CC[C@]43C)[C@@H]12. The van der Waals surface area contributed by atoms with Gasteiger partial charge in [0.1, 0.15) is 6.54 Å². The third-order valence-electron chi connectivity index (χ3n) is 14.1. The van der Waals surface area contributed by atoms with Crippen molar-refractivity contribution in [2.24, 2.45) is 56.7 Å². The van der Waals surface area contributed by atoms with Crippen LogP contribution >= 0.6 is 0 Å². The summed E-state index contributed by atoms with van der Waals surface area (Å²) in [5.41, 5.74) is 1.40. The molecule has 0 aromatic carbocycles. The average molecular weight is 528 g/mol. The number of aliphatic hydroxyl groups excluding tert-OH is 1. The molecule has 38 heavy (non-hydrogen) atoms. The van der Waals surface area contributed by atoms with Gasteiger partial charge >= 0.3 is 5.97 Å². The average Bonchev–Trinajstić information content (AvgIpc) is 3.26. The van der Waals surface area contributed by atoms with Crippen LogP contribution in [-0.2, 0) is 14.3 Å². The Balaban J connectivity index is 1.51. The molecule has 0 aromatic heterocycles. The van der Waals surface area contributed by atoms with Crippen molar-refractivity contribution in [2.75, 3.05) is 13.7 Å². The van der Waals surface area contributed by atoms with Gasteiger partial charge in [-0.15, -0.1) is 0 Å². The summed E-state index contributed by atoms with van der Waals surface area (Å²) in [5, 5.41) is 14.0. The second-order valence-corrected chi connectivity index (χ2v) is 15.5. The lowest BCUT2D eigenvalue weighted by Crippen LogP contribution is -2.67. The maximum Gasteiger partial charge on any atom is 0.325 e. The minimum absolute atomic E-state index is 0.0397. The topological polar surface area (TPSA) is 75.6 Å². The molecule has 0 aliphatic heterocycles. The molecular formula is C33H53NO4. The molecule has 5 saturated carbocycles. The molecule has 0 spiro atoms. The molecule has 0 unspecified atom stereocenters. The number of hydrogen-bond acceptors (Lipinski definition) is 4. The van der Waals surface area contributed by atoms with E-state index in [0.29, 0.717) is 23.7 Å². The van der Waals surface area contributed by atoms with Crippen molar-refractivity contribution in [1.29, 1.82) is 0 Å². The van der Waals surface area contributed by atoms with Gasteiger partial charge in [-0.25, -0.2) is 0 Å². The third kappa shape index (κ3) is 3.58. The van der Waals surface area contributed by atoms with E-state index < -0.39 is 5.41 Å². The fourth-order valence-electron chi connectivity index (χ4n) is 11.9. The van der Waals surface area contributed by atoms with Gasteiger partial charge in [0.25, 0.3) is 0 Å². The summed E-state index contributed by atoms with van der Waals surface area (Å²) in [4.78, 5) is 25.8. The quantitative estimate of drug-likeness (QED) is 0.333. The summed E-state index contributed by atoms with van der Waals surface area (Å²) in [7, 11) is 1.37. The predicted molar refractivity (Wildman–Crippen MR) is 150 cm³/mol. The van der Waals surface area contributed by atoms with Crippen molar-refractivity contribution in [3.05, 3.63) is 12.2 Å². The van der Waals surface area contributed by atoms with Crippen LogP contribution in [-0.4, -0.2) is 36.7 Å². The van der Waals surface area contributed by atoms with Gasteiger partial charge in [0.05, 0.1) is 18.6 Å². The molecule has 0 radical (unpaired) electrons. The fourth-order valence-corrected chi connectivity index (χ4v) is 11.9. The van der Waals surface area contributed by atoms with Crippen LogP contribution in [0.4, 0.5) is 0 Å². The fraction of sp³-hybridized carbons (Fsp3) is 0.879. The van der Waals surface area contributed by atoms with E-state index in [-0.39, 0.29) is 52.1 Å². The van der Waals surface area contributed by atoms with Crippen LogP contribution in [0.2, 0.25) is 0 Å². The molecule has 10 atom stereocenters. The number of ether oxygens (including phenoxy) is 1. The number of nitrogens with one attached hydrogen (secondary N) is 1. The Morgan fingerprint density at radius 1 is 0.895 bits per heavy atom. The van der Waals surface area contributed by atoms with E-state index in [4.69, 9.17) is 4.74 Å². The molecule has 0 aromatic rings. The molecule has 5 heteroatoms. The van der Waals surface area contributed by atoms with Gasteiger partial charge in [-0.05, 0) is 122 Å². The van der Waals surface area contributed by atoms with Crippen molar-refractivity contribution >= 4 is 11.9 Å². The maximum atomic E-state index is 13.9. The van der Waals surface area contributed by atoms with Crippen LogP contribution in [0.5, 0.6) is 0 Å². The van der Waals surface area contributed by atoms with Gasteiger partial charge < -0.3 is 15.2 Å². The molecule has 5 fully saturated rings. The molecule has 1 amide bonds. The number of carbonyl (C=O) groups is 2. The zero-order valence-corrected chi connectivity index (χ0v) is 25.1. The predicted octanol–water partition coefficient (Wildman–Crippen LogP) is 6.29. The van der Waals surface area contributed by atoms with Gasteiger partial charge in [0.15, 0.2) is 0 Å². The number of fused-ring (bicyclic) bond motifs is 7. The van der Waals surface area contributed by atoms with Gasteiger partial charge in [-0.2, -0.15) is 0 Å². The van der Waals surface area contributed by atoms with Crippen molar-refractivity contribution in [3.8, 4) is 0 Å². The first-order chi connectivity index (χ1) is 17.7. The first-order valence-corrected chi connectivity index (χ1v) is 15.4. The molecule has 5 nitrogen and oxygen atoms in total. The summed E-state index contributed by atoms with van der Waals surface area (Å²) < 4.78 is 4.82. The zero-order chi connectivity index (χ0) is 27.9. The second-order valence-electron chi connectivity index (χ2n) is 15.5. The Bertz CT molecular complexity index is 1000. The highest BCUT2D eigenvalue weighted by atomic mass is 16.5. The molecule has 0 heterocycles. The Labute approximate surface area is 230 Å². The number of allylic oxidation sites excluding steroid dienone is 1.